The molecule has 0 bridgehead atoms. The van der Waals surface area contributed by atoms with Gasteiger partial charge in [0.05, 0.1) is 0 Å². The van der Waals surface area contributed by atoms with Gasteiger partial charge in [0.15, 0.2) is 5.82 Å². The summed E-state index contributed by atoms with van der Waals surface area (Å²) >= 11 is 3.40. The van der Waals surface area contributed by atoms with Crippen LogP contribution in [0, 0.1) is 0 Å². The molecule has 1 aromatic rings. The molecule has 1 fully saturated rings. The van der Waals surface area contributed by atoms with Gasteiger partial charge in [-0.2, -0.15) is 0 Å². The molecule has 1 saturated heterocycles. The van der Waals surface area contributed by atoms with E-state index in [1.807, 2.05) is 0 Å². The van der Waals surface area contributed by atoms with Crippen LogP contribution in [0.2, 0.25) is 0 Å². The Hall–Kier alpha value is -0.680. The molecule has 1 aromatic heterocycles. The summed E-state index contributed by atoms with van der Waals surface area (Å²) < 4.78 is 0.830. The third-order valence-electron chi connectivity index (χ3n) is 2.05. The molecule has 1 aliphatic rings. The first kappa shape index (κ1) is 8.90. The second-order valence-electron chi connectivity index (χ2n) is 2.91. The first-order valence-corrected chi connectivity index (χ1v) is 5.09. The highest BCUT2D eigenvalue weighted by atomic mass is 79.9. The van der Waals surface area contributed by atoms with Crippen molar-refractivity contribution in [3.63, 3.8) is 0 Å². The molecule has 13 heavy (non-hydrogen) atoms. The van der Waals surface area contributed by atoms with E-state index in [-0.39, 0.29) is 0 Å². The van der Waals surface area contributed by atoms with Crippen molar-refractivity contribution in [1.82, 2.24) is 15.3 Å². The van der Waals surface area contributed by atoms with Gasteiger partial charge in [-0.25, -0.2) is 9.97 Å². The summed E-state index contributed by atoms with van der Waals surface area (Å²) in [7, 11) is 0. The van der Waals surface area contributed by atoms with Crippen LogP contribution in [0.1, 0.15) is 0 Å². The molecule has 0 unspecified atom stereocenters. The molecule has 70 valence electrons. The average molecular weight is 243 g/mol. The SMILES string of the molecule is Brc1nccnc1N1CCNCC1. The minimum Gasteiger partial charge on any atom is -0.352 e. The van der Waals surface area contributed by atoms with Crippen molar-refractivity contribution in [2.24, 2.45) is 0 Å². The molecule has 0 aromatic carbocycles. The predicted octanol–water partition coefficient (Wildman–Crippen LogP) is 0.649. The van der Waals surface area contributed by atoms with E-state index in [0.29, 0.717) is 0 Å². The van der Waals surface area contributed by atoms with E-state index in [0.717, 1.165) is 36.6 Å². The van der Waals surface area contributed by atoms with Crippen LogP contribution in [0.15, 0.2) is 17.0 Å². The molecule has 0 atom stereocenters. The maximum Gasteiger partial charge on any atom is 0.161 e. The van der Waals surface area contributed by atoms with Gasteiger partial charge >= 0.3 is 0 Å². The van der Waals surface area contributed by atoms with Crippen LogP contribution >= 0.6 is 15.9 Å². The number of anilines is 1. The minimum absolute atomic E-state index is 0.830. The van der Waals surface area contributed by atoms with Gasteiger partial charge in [0.25, 0.3) is 0 Å². The lowest BCUT2D eigenvalue weighted by Crippen LogP contribution is -2.44. The van der Waals surface area contributed by atoms with Crippen LogP contribution in [-0.2, 0) is 0 Å². The number of halogens is 1. The normalized spacial score (nSPS) is 17.5. The van der Waals surface area contributed by atoms with Gasteiger partial charge in [0.2, 0.25) is 0 Å². The van der Waals surface area contributed by atoms with Crippen molar-refractivity contribution >= 4 is 21.7 Å². The molecule has 2 heterocycles. The largest absolute Gasteiger partial charge is 0.352 e. The minimum atomic E-state index is 0.830. The second-order valence-corrected chi connectivity index (χ2v) is 3.66. The number of piperazine rings is 1. The molecule has 0 spiro atoms. The van der Waals surface area contributed by atoms with Crippen molar-refractivity contribution in [1.29, 1.82) is 0 Å². The van der Waals surface area contributed by atoms with Gasteiger partial charge in [0.1, 0.15) is 4.60 Å². The number of nitrogens with zero attached hydrogens (tertiary/aromatic N) is 3. The lowest BCUT2D eigenvalue weighted by molar-refractivity contribution is 0.583. The zero-order chi connectivity index (χ0) is 9.10. The molecule has 1 aliphatic heterocycles. The second kappa shape index (κ2) is 4.02. The zero-order valence-corrected chi connectivity index (χ0v) is 8.79. The molecular weight excluding hydrogens is 232 g/mol. The summed E-state index contributed by atoms with van der Waals surface area (Å²) in [5.41, 5.74) is 0. The Kier molecular flexibility index (Phi) is 2.75. The molecule has 0 radical (unpaired) electrons. The van der Waals surface area contributed by atoms with Gasteiger partial charge in [-0.05, 0) is 15.9 Å². The molecule has 2 rings (SSSR count). The van der Waals surface area contributed by atoms with E-state index in [9.17, 15) is 0 Å². The van der Waals surface area contributed by atoms with Crippen molar-refractivity contribution in [2.45, 2.75) is 0 Å². The highest BCUT2D eigenvalue weighted by Gasteiger charge is 2.14. The fourth-order valence-electron chi connectivity index (χ4n) is 1.40. The Bertz CT molecular complexity index is 285. The van der Waals surface area contributed by atoms with Gasteiger partial charge in [0, 0.05) is 38.6 Å². The lowest BCUT2D eigenvalue weighted by atomic mass is 10.4. The molecule has 1 N–H and O–H groups in total. The number of hydrogen-bond donors (Lipinski definition) is 1. The third kappa shape index (κ3) is 1.97. The van der Waals surface area contributed by atoms with Crippen LogP contribution in [0.3, 0.4) is 0 Å². The highest BCUT2D eigenvalue weighted by Crippen LogP contribution is 2.20. The van der Waals surface area contributed by atoms with E-state index < -0.39 is 0 Å². The van der Waals surface area contributed by atoms with E-state index in [1.54, 1.807) is 12.4 Å². The lowest BCUT2D eigenvalue weighted by Gasteiger charge is -2.28. The molecule has 4 nitrogen and oxygen atoms in total. The van der Waals surface area contributed by atoms with E-state index in [2.05, 4.69) is 36.1 Å². The fourth-order valence-corrected chi connectivity index (χ4v) is 1.87. The Morgan fingerprint density at radius 3 is 2.62 bits per heavy atom. The maximum absolute atomic E-state index is 4.29. The van der Waals surface area contributed by atoms with Gasteiger partial charge in [-0.1, -0.05) is 0 Å². The van der Waals surface area contributed by atoms with E-state index in [4.69, 9.17) is 0 Å². The Morgan fingerprint density at radius 2 is 1.92 bits per heavy atom. The molecule has 0 saturated carbocycles. The Balaban J connectivity index is 2.18. The van der Waals surface area contributed by atoms with Crippen LogP contribution < -0.4 is 10.2 Å². The number of rotatable bonds is 1. The summed E-state index contributed by atoms with van der Waals surface area (Å²) in [6.45, 7) is 4.03. The first-order chi connectivity index (χ1) is 6.38. The van der Waals surface area contributed by atoms with Crippen LogP contribution in [-0.4, -0.2) is 36.1 Å². The van der Waals surface area contributed by atoms with Crippen LogP contribution in [0.5, 0.6) is 0 Å². The summed E-state index contributed by atoms with van der Waals surface area (Å²) in [5, 5.41) is 3.30. The summed E-state index contributed by atoms with van der Waals surface area (Å²) in [6, 6.07) is 0. The standard InChI is InChI=1S/C8H11BrN4/c9-7-8(12-2-1-11-7)13-5-3-10-4-6-13/h1-2,10H,3-6H2. The summed E-state index contributed by atoms with van der Waals surface area (Å²) in [4.78, 5) is 10.7. The number of aromatic nitrogens is 2. The van der Waals surface area contributed by atoms with Crippen molar-refractivity contribution in [3.8, 4) is 0 Å². The average Bonchev–Trinajstić information content (AvgIpc) is 2.20. The first-order valence-electron chi connectivity index (χ1n) is 4.30. The van der Waals surface area contributed by atoms with Crippen LogP contribution in [0.4, 0.5) is 5.82 Å². The van der Waals surface area contributed by atoms with Gasteiger partial charge in [-0.3, -0.25) is 0 Å². The van der Waals surface area contributed by atoms with Crippen LogP contribution in [0.25, 0.3) is 0 Å². The van der Waals surface area contributed by atoms with Crippen molar-refractivity contribution < 1.29 is 0 Å². The van der Waals surface area contributed by atoms with E-state index >= 15 is 0 Å². The third-order valence-corrected chi connectivity index (χ3v) is 2.61. The molecule has 0 amide bonds. The molecule has 5 heteroatoms. The fraction of sp³-hybridized carbons (Fsp3) is 0.500. The molecular formula is C8H11BrN4. The van der Waals surface area contributed by atoms with Crippen molar-refractivity contribution in [3.05, 3.63) is 17.0 Å². The van der Waals surface area contributed by atoms with Gasteiger partial charge < -0.3 is 10.2 Å². The predicted molar refractivity (Wildman–Crippen MR) is 54.8 cm³/mol. The summed E-state index contributed by atoms with van der Waals surface area (Å²) in [5.74, 6) is 0.948. The smallest absolute Gasteiger partial charge is 0.161 e. The Morgan fingerprint density at radius 1 is 1.23 bits per heavy atom. The number of hydrogen-bond acceptors (Lipinski definition) is 4. The highest BCUT2D eigenvalue weighted by molar-refractivity contribution is 9.10. The summed E-state index contributed by atoms with van der Waals surface area (Å²) in [6.07, 6.45) is 3.41. The van der Waals surface area contributed by atoms with Crippen molar-refractivity contribution in [2.75, 3.05) is 31.1 Å². The topological polar surface area (TPSA) is 41.1 Å². The number of nitrogens with one attached hydrogen (secondary N) is 1. The van der Waals surface area contributed by atoms with Gasteiger partial charge in [-0.15, -0.1) is 0 Å². The zero-order valence-electron chi connectivity index (χ0n) is 7.20. The monoisotopic (exact) mass is 242 g/mol. The van der Waals surface area contributed by atoms with E-state index in [1.165, 1.54) is 0 Å². The maximum atomic E-state index is 4.29. The Labute approximate surface area is 85.5 Å². The molecule has 0 aliphatic carbocycles. The quantitative estimate of drug-likeness (QED) is 0.786.